The summed E-state index contributed by atoms with van der Waals surface area (Å²) in [7, 11) is 0.316. The zero-order valence-electron chi connectivity index (χ0n) is 15.4. The minimum atomic E-state index is -3.53. The van der Waals surface area contributed by atoms with Crippen LogP contribution in [0.5, 0.6) is 0 Å². The maximum absolute atomic E-state index is 12.3. The number of halogens is 1. The number of benzene rings is 2. The van der Waals surface area contributed by atoms with Gasteiger partial charge in [0.05, 0.1) is 17.6 Å². The van der Waals surface area contributed by atoms with E-state index in [0.29, 0.717) is 22.1 Å². The van der Waals surface area contributed by atoms with Gasteiger partial charge in [-0.25, -0.2) is 8.42 Å². The zero-order chi connectivity index (χ0) is 20.1. The van der Waals surface area contributed by atoms with Gasteiger partial charge in [0.25, 0.3) is 0 Å². The van der Waals surface area contributed by atoms with E-state index in [1.165, 1.54) is 0 Å². The van der Waals surface area contributed by atoms with Crippen LogP contribution in [0.15, 0.2) is 60.8 Å². The van der Waals surface area contributed by atoms with E-state index < -0.39 is 10.0 Å². The third-order valence-corrected chi connectivity index (χ3v) is 5.37. The number of sulfonamides is 1. The molecule has 0 saturated carbocycles. The molecule has 0 unspecified atom stereocenters. The Hall–Kier alpha value is -2.84. The molecule has 28 heavy (non-hydrogen) atoms. The highest BCUT2D eigenvalue weighted by atomic mass is 35.5. The largest absolute Gasteiger partial charge is 0.376 e. The second-order valence-corrected chi connectivity index (χ2v) is 8.54. The van der Waals surface area contributed by atoms with Crippen LogP contribution >= 0.6 is 11.6 Å². The summed E-state index contributed by atoms with van der Waals surface area (Å²) in [4.78, 5) is 1.93. The van der Waals surface area contributed by atoms with E-state index in [-0.39, 0.29) is 5.75 Å². The van der Waals surface area contributed by atoms with E-state index in [4.69, 9.17) is 11.6 Å². The lowest BCUT2D eigenvalue weighted by atomic mass is 10.2. The van der Waals surface area contributed by atoms with Gasteiger partial charge in [-0.1, -0.05) is 23.7 Å². The summed E-state index contributed by atoms with van der Waals surface area (Å²) in [5.41, 5.74) is 2.83. The van der Waals surface area contributed by atoms with Crippen molar-refractivity contribution < 1.29 is 8.42 Å². The highest BCUT2D eigenvalue weighted by Crippen LogP contribution is 2.21. The van der Waals surface area contributed by atoms with Crippen LogP contribution in [0.3, 0.4) is 0 Å². The van der Waals surface area contributed by atoms with Crippen molar-refractivity contribution >= 4 is 44.5 Å². The summed E-state index contributed by atoms with van der Waals surface area (Å²) in [6, 6.07) is 15.5. The van der Waals surface area contributed by atoms with Crippen molar-refractivity contribution in [2.75, 3.05) is 29.0 Å². The first-order valence-corrected chi connectivity index (χ1v) is 10.5. The summed E-state index contributed by atoms with van der Waals surface area (Å²) in [5.74, 6) is 0.471. The Bertz CT molecular complexity index is 1040. The quantitative estimate of drug-likeness (QED) is 0.606. The minimum Gasteiger partial charge on any atom is -0.376 e. The first kappa shape index (κ1) is 19.9. The Morgan fingerprint density at radius 3 is 2.29 bits per heavy atom. The van der Waals surface area contributed by atoms with E-state index in [1.807, 2.05) is 25.1 Å². The summed E-state index contributed by atoms with van der Waals surface area (Å²) in [5, 5.41) is 11.7. The molecule has 146 valence electrons. The Morgan fingerprint density at radius 2 is 1.64 bits per heavy atom. The molecule has 0 atom stereocenters. The first-order valence-electron chi connectivity index (χ1n) is 8.43. The van der Waals surface area contributed by atoms with Crippen LogP contribution < -0.4 is 14.9 Å². The fraction of sp³-hybridized carbons (Fsp3) is 0.158. The molecule has 9 heteroatoms. The number of anilines is 4. The van der Waals surface area contributed by atoms with Gasteiger partial charge in [-0.2, -0.15) is 5.10 Å². The third kappa shape index (κ3) is 5.58. The second kappa shape index (κ2) is 8.45. The molecule has 2 N–H and O–H groups in total. The van der Waals surface area contributed by atoms with Crippen LogP contribution in [0.4, 0.5) is 22.9 Å². The highest BCUT2D eigenvalue weighted by Gasteiger charge is 2.12. The number of rotatable bonds is 7. The number of nitrogens with one attached hydrogen (secondary N) is 2. The average Bonchev–Trinajstić information content (AvgIpc) is 2.65. The predicted molar refractivity (Wildman–Crippen MR) is 114 cm³/mol. The molecule has 3 rings (SSSR count). The molecular formula is C19H20ClN5O2S. The van der Waals surface area contributed by atoms with Crippen molar-refractivity contribution in [2.24, 2.45) is 0 Å². The molecular weight excluding hydrogens is 398 g/mol. The highest BCUT2D eigenvalue weighted by molar-refractivity contribution is 7.91. The van der Waals surface area contributed by atoms with Crippen molar-refractivity contribution in [3.05, 3.63) is 71.4 Å². The molecule has 0 bridgehead atoms. The number of hydrogen-bond acceptors (Lipinski definition) is 6. The number of hydrogen-bond donors (Lipinski definition) is 2. The lowest BCUT2D eigenvalue weighted by Gasteiger charge is -2.13. The molecule has 1 heterocycles. The summed E-state index contributed by atoms with van der Waals surface area (Å²) in [6.45, 7) is 0. The van der Waals surface area contributed by atoms with Crippen LogP contribution in [-0.2, 0) is 15.8 Å². The Kier molecular flexibility index (Phi) is 6.01. The molecule has 2 aromatic carbocycles. The van der Waals surface area contributed by atoms with Crippen molar-refractivity contribution in [3.63, 3.8) is 0 Å². The molecule has 0 aliphatic heterocycles. The Morgan fingerprint density at radius 1 is 1.00 bits per heavy atom. The van der Waals surface area contributed by atoms with Crippen molar-refractivity contribution in [1.29, 1.82) is 0 Å². The molecule has 1 aromatic heterocycles. The van der Waals surface area contributed by atoms with Gasteiger partial charge in [0, 0.05) is 36.6 Å². The number of aromatic nitrogens is 2. The molecule has 0 amide bonds. The summed E-state index contributed by atoms with van der Waals surface area (Å²) < 4.78 is 27.3. The SMILES string of the molecule is CN(C)c1cnnc(Nc2ccc(NS(=O)(=O)Cc3ccc(Cl)cc3)cc2)c1. The molecule has 0 fully saturated rings. The molecule has 0 radical (unpaired) electrons. The van der Waals surface area contributed by atoms with E-state index in [1.54, 1.807) is 54.7 Å². The maximum Gasteiger partial charge on any atom is 0.236 e. The van der Waals surface area contributed by atoms with Crippen molar-refractivity contribution in [2.45, 2.75) is 5.75 Å². The molecule has 0 aliphatic rings. The van der Waals surface area contributed by atoms with Crippen LogP contribution in [-0.4, -0.2) is 32.7 Å². The van der Waals surface area contributed by atoms with Gasteiger partial charge in [0.2, 0.25) is 10.0 Å². The molecule has 7 nitrogen and oxygen atoms in total. The van der Waals surface area contributed by atoms with Gasteiger partial charge in [-0.05, 0) is 42.0 Å². The smallest absolute Gasteiger partial charge is 0.236 e. The molecule has 0 saturated heterocycles. The average molecular weight is 418 g/mol. The second-order valence-electron chi connectivity index (χ2n) is 6.38. The fourth-order valence-corrected chi connectivity index (χ4v) is 3.77. The standard InChI is InChI=1S/C19H20ClN5O2S/c1-25(2)18-11-19(23-21-12-18)22-16-7-9-17(10-8-16)24-28(26,27)13-14-3-5-15(20)6-4-14/h3-12,24H,13H2,1-2H3,(H,22,23). The van der Waals surface area contributed by atoms with Crippen LogP contribution in [0, 0.1) is 0 Å². The normalized spacial score (nSPS) is 11.1. The fourth-order valence-electron chi connectivity index (χ4n) is 2.45. The molecule has 3 aromatic rings. The lowest BCUT2D eigenvalue weighted by Crippen LogP contribution is -2.15. The van der Waals surface area contributed by atoms with Gasteiger partial charge in [0.1, 0.15) is 0 Å². The van der Waals surface area contributed by atoms with Crippen LogP contribution in [0.2, 0.25) is 5.02 Å². The van der Waals surface area contributed by atoms with Gasteiger partial charge in [-0.15, -0.1) is 5.10 Å². The van der Waals surface area contributed by atoms with E-state index >= 15 is 0 Å². The monoisotopic (exact) mass is 417 g/mol. The van der Waals surface area contributed by atoms with Gasteiger partial charge in [-0.3, -0.25) is 4.72 Å². The van der Waals surface area contributed by atoms with Crippen LogP contribution in [0.25, 0.3) is 0 Å². The molecule has 0 aliphatic carbocycles. The Balaban J connectivity index is 1.65. The third-order valence-electron chi connectivity index (χ3n) is 3.86. The van der Waals surface area contributed by atoms with E-state index in [9.17, 15) is 8.42 Å². The van der Waals surface area contributed by atoms with E-state index in [2.05, 4.69) is 20.2 Å². The van der Waals surface area contributed by atoms with Gasteiger partial charge < -0.3 is 10.2 Å². The van der Waals surface area contributed by atoms with Gasteiger partial charge >= 0.3 is 0 Å². The summed E-state index contributed by atoms with van der Waals surface area (Å²) >= 11 is 5.83. The molecule has 0 spiro atoms. The van der Waals surface area contributed by atoms with E-state index in [0.717, 1.165) is 11.4 Å². The topological polar surface area (TPSA) is 87.2 Å². The van der Waals surface area contributed by atoms with Crippen molar-refractivity contribution in [3.8, 4) is 0 Å². The number of nitrogens with zero attached hydrogens (tertiary/aromatic N) is 3. The van der Waals surface area contributed by atoms with Crippen LogP contribution in [0.1, 0.15) is 5.56 Å². The van der Waals surface area contributed by atoms with Gasteiger partial charge in [0.15, 0.2) is 5.82 Å². The Labute approximate surface area is 169 Å². The minimum absolute atomic E-state index is 0.128. The van der Waals surface area contributed by atoms with Crippen molar-refractivity contribution in [1.82, 2.24) is 10.2 Å². The summed E-state index contributed by atoms with van der Waals surface area (Å²) in [6.07, 6.45) is 1.67. The zero-order valence-corrected chi connectivity index (χ0v) is 17.0. The predicted octanol–water partition coefficient (Wildman–Crippen LogP) is 3.88. The first-order chi connectivity index (χ1) is 13.3. The maximum atomic E-state index is 12.3. The lowest BCUT2D eigenvalue weighted by molar-refractivity contribution is 0.600.